The summed E-state index contributed by atoms with van der Waals surface area (Å²) in [6, 6.07) is 1.92. The van der Waals surface area contributed by atoms with Crippen molar-refractivity contribution in [1.82, 2.24) is 29.5 Å². The van der Waals surface area contributed by atoms with E-state index >= 15 is 0 Å². The number of rotatable bonds is 4. The molecule has 1 amide bonds. The second kappa shape index (κ2) is 6.77. The molecule has 0 spiro atoms. The van der Waals surface area contributed by atoms with E-state index in [-0.39, 0.29) is 18.1 Å². The Morgan fingerprint density at radius 1 is 1.37 bits per heavy atom. The summed E-state index contributed by atoms with van der Waals surface area (Å²) >= 11 is 0. The molecule has 3 aromatic rings. The highest BCUT2D eigenvalue weighted by molar-refractivity contribution is 5.94. The third-order valence-corrected chi connectivity index (χ3v) is 4.85. The van der Waals surface area contributed by atoms with Crippen molar-refractivity contribution < 1.29 is 9.53 Å². The molecule has 0 saturated carbocycles. The molecule has 0 radical (unpaired) electrons. The molecule has 1 aliphatic heterocycles. The van der Waals surface area contributed by atoms with Crippen LogP contribution in [0.25, 0.3) is 5.78 Å². The average Bonchev–Trinajstić information content (AvgIpc) is 3.20. The van der Waals surface area contributed by atoms with Gasteiger partial charge in [-0.05, 0) is 33.8 Å². The van der Waals surface area contributed by atoms with E-state index in [4.69, 9.17) is 4.74 Å². The number of hydrogen-bond donors (Lipinski definition) is 1. The van der Waals surface area contributed by atoms with Crippen molar-refractivity contribution >= 4 is 11.7 Å². The second-order valence-corrected chi connectivity index (χ2v) is 7.01. The molecule has 142 valence electrons. The Bertz CT molecular complexity index is 1010. The van der Waals surface area contributed by atoms with Gasteiger partial charge in [0, 0.05) is 36.6 Å². The Morgan fingerprint density at radius 3 is 2.96 bits per heavy atom. The van der Waals surface area contributed by atoms with Gasteiger partial charge in [-0.25, -0.2) is 9.97 Å². The number of fused-ring (bicyclic) bond motifs is 2. The highest BCUT2D eigenvalue weighted by atomic mass is 16.5. The molecule has 0 unspecified atom stereocenters. The largest absolute Gasteiger partial charge is 0.369 e. The molecule has 1 aliphatic rings. The van der Waals surface area contributed by atoms with Gasteiger partial charge >= 0.3 is 0 Å². The third-order valence-electron chi connectivity index (χ3n) is 4.85. The van der Waals surface area contributed by atoms with E-state index in [0.717, 1.165) is 22.6 Å². The van der Waals surface area contributed by atoms with Crippen molar-refractivity contribution in [3.05, 3.63) is 46.8 Å². The lowest BCUT2D eigenvalue weighted by Gasteiger charge is -2.24. The van der Waals surface area contributed by atoms with Crippen LogP contribution in [0.15, 0.2) is 18.5 Å². The number of carbonyl (C=O) groups is 1. The first-order chi connectivity index (χ1) is 13.0. The Kier molecular flexibility index (Phi) is 4.43. The summed E-state index contributed by atoms with van der Waals surface area (Å²) in [5.41, 5.74) is 4.17. The molecule has 3 aromatic heterocycles. The van der Waals surface area contributed by atoms with Crippen molar-refractivity contribution in [3.63, 3.8) is 0 Å². The number of nitrogens with one attached hydrogen (secondary N) is 1. The smallest absolute Gasteiger partial charge is 0.270 e. The molecule has 0 aliphatic carbocycles. The zero-order valence-electron chi connectivity index (χ0n) is 16.1. The molecule has 27 heavy (non-hydrogen) atoms. The molecule has 0 aromatic carbocycles. The molecule has 0 saturated heterocycles. The molecule has 4 heterocycles. The van der Waals surface area contributed by atoms with Gasteiger partial charge < -0.3 is 10.1 Å². The molecule has 8 heteroatoms. The molecule has 2 atom stereocenters. The van der Waals surface area contributed by atoms with Crippen LogP contribution in [-0.4, -0.2) is 36.2 Å². The van der Waals surface area contributed by atoms with Crippen LogP contribution in [0, 0.1) is 6.92 Å². The standard InChI is InChI=1S/C19H24N6O2/c1-5-25-17(15-8-12(3)27-13(4)16(15)23-25)18(26)20-9-14-10-24-7-6-11(2)21-19(24)22-14/h6-7,10,12-13H,5,8-9H2,1-4H3,(H,20,26)/t12-,13+/m0/s1. The summed E-state index contributed by atoms with van der Waals surface area (Å²) in [6.45, 7) is 8.89. The zero-order chi connectivity index (χ0) is 19.1. The first-order valence-electron chi connectivity index (χ1n) is 9.30. The zero-order valence-corrected chi connectivity index (χ0v) is 16.1. The van der Waals surface area contributed by atoms with Gasteiger partial charge in [-0.2, -0.15) is 5.10 Å². The number of carbonyl (C=O) groups excluding carboxylic acids is 1. The Morgan fingerprint density at radius 2 is 2.19 bits per heavy atom. The fraction of sp³-hybridized carbons (Fsp3) is 0.474. The van der Waals surface area contributed by atoms with Crippen molar-refractivity contribution in [2.75, 3.05) is 0 Å². The maximum Gasteiger partial charge on any atom is 0.270 e. The van der Waals surface area contributed by atoms with Crippen molar-refractivity contribution in [1.29, 1.82) is 0 Å². The number of hydrogen-bond acceptors (Lipinski definition) is 5. The third kappa shape index (κ3) is 3.21. The lowest BCUT2D eigenvalue weighted by atomic mass is 9.99. The first kappa shape index (κ1) is 17.7. The summed E-state index contributed by atoms with van der Waals surface area (Å²) < 4.78 is 9.48. The van der Waals surface area contributed by atoms with Gasteiger partial charge in [-0.1, -0.05) is 0 Å². The van der Waals surface area contributed by atoms with E-state index in [1.165, 1.54) is 0 Å². The lowest BCUT2D eigenvalue weighted by Crippen LogP contribution is -2.28. The number of imidazole rings is 1. The number of aromatic nitrogens is 5. The number of nitrogens with zero attached hydrogens (tertiary/aromatic N) is 5. The first-order valence-corrected chi connectivity index (χ1v) is 9.30. The molecular formula is C19H24N6O2. The van der Waals surface area contributed by atoms with E-state index in [1.807, 2.05) is 50.6 Å². The summed E-state index contributed by atoms with van der Waals surface area (Å²) in [4.78, 5) is 21.8. The van der Waals surface area contributed by atoms with Gasteiger partial charge in [0.05, 0.1) is 30.1 Å². The van der Waals surface area contributed by atoms with Crippen LogP contribution in [0.2, 0.25) is 0 Å². The monoisotopic (exact) mass is 368 g/mol. The summed E-state index contributed by atoms with van der Waals surface area (Å²) in [5.74, 6) is 0.503. The average molecular weight is 368 g/mol. The van der Waals surface area contributed by atoms with E-state index in [0.29, 0.717) is 31.0 Å². The van der Waals surface area contributed by atoms with E-state index < -0.39 is 0 Å². The normalized spacial score (nSPS) is 19.3. The minimum Gasteiger partial charge on any atom is -0.369 e. The van der Waals surface area contributed by atoms with Crippen LogP contribution < -0.4 is 5.32 Å². The van der Waals surface area contributed by atoms with Gasteiger partial charge in [0.15, 0.2) is 0 Å². The summed E-state index contributed by atoms with van der Waals surface area (Å²) in [7, 11) is 0. The number of ether oxygens (including phenoxy) is 1. The van der Waals surface area contributed by atoms with Crippen LogP contribution in [-0.2, 0) is 24.2 Å². The molecule has 0 fully saturated rings. The van der Waals surface area contributed by atoms with Gasteiger partial charge in [0.25, 0.3) is 5.91 Å². The second-order valence-electron chi connectivity index (χ2n) is 7.01. The Balaban J connectivity index is 1.57. The minimum absolute atomic E-state index is 0.0707. The summed E-state index contributed by atoms with van der Waals surface area (Å²) in [6.07, 6.45) is 4.46. The predicted molar refractivity (Wildman–Crippen MR) is 99.5 cm³/mol. The maximum atomic E-state index is 13.0. The quantitative estimate of drug-likeness (QED) is 0.763. The summed E-state index contributed by atoms with van der Waals surface area (Å²) in [5, 5.41) is 7.59. The van der Waals surface area contributed by atoms with Gasteiger partial charge in [-0.15, -0.1) is 0 Å². The lowest BCUT2D eigenvalue weighted by molar-refractivity contribution is -0.00712. The highest BCUT2D eigenvalue weighted by Gasteiger charge is 2.31. The Labute approximate surface area is 157 Å². The minimum atomic E-state index is -0.131. The van der Waals surface area contributed by atoms with E-state index in [1.54, 1.807) is 4.68 Å². The van der Waals surface area contributed by atoms with Gasteiger partial charge in [0.2, 0.25) is 5.78 Å². The molecular weight excluding hydrogens is 344 g/mol. The molecule has 8 nitrogen and oxygen atoms in total. The van der Waals surface area contributed by atoms with Crippen molar-refractivity contribution in [2.45, 2.75) is 59.4 Å². The fourth-order valence-electron chi connectivity index (χ4n) is 3.63. The van der Waals surface area contributed by atoms with Gasteiger partial charge in [0.1, 0.15) is 5.69 Å². The molecule has 0 bridgehead atoms. The van der Waals surface area contributed by atoms with Crippen LogP contribution in [0.1, 0.15) is 60.0 Å². The van der Waals surface area contributed by atoms with E-state index in [9.17, 15) is 4.79 Å². The van der Waals surface area contributed by atoms with E-state index in [2.05, 4.69) is 20.4 Å². The van der Waals surface area contributed by atoms with Crippen LogP contribution in [0.5, 0.6) is 0 Å². The topological polar surface area (TPSA) is 86.3 Å². The highest BCUT2D eigenvalue weighted by Crippen LogP contribution is 2.31. The van der Waals surface area contributed by atoms with Crippen molar-refractivity contribution in [3.8, 4) is 0 Å². The van der Waals surface area contributed by atoms with Crippen LogP contribution in [0.3, 0.4) is 0 Å². The molecule has 4 rings (SSSR count). The molecule has 1 N–H and O–H groups in total. The van der Waals surface area contributed by atoms with Gasteiger partial charge in [-0.3, -0.25) is 13.9 Å². The van der Waals surface area contributed by atoms with Crippen LogP contribution >= 0.6 is 0 Å². The SMILES string of the molecule is CCn1nc2c(c1C(=O)NCc1cn3ccc(C)nc3n1)C[C@H](C)O[C@@H]2C. The number of aryl methyl sites for hydroxylation is 2. The fourth-order valence-corrected chi connectivity index (χ4v) is 3.63. The Hall–Kier alpha value is -2.74. The van der Waals surface area contributed by atoms with Crippen molar-refractivity contribution in [2.24, 2.45) is 0 Å². The number of amides is 1. The predicted octanol–water partition coefficient (Wildman–Crippen LogP) is 2.21. The van der Waals surface area contributed by atoms with Crippen LogP contribution in [0.4, 0.5) is 0 Å². The maximum absolute atomic E-state index is 13.0.